The third kappa shape index (κ3) is 5.80. The van der Waals surface area contributed by atoms with Crippen LogP contribution in [0.15, 0.2) is 54.7 Å². The standard InChI is InChI=1S/C38H40F2N6O3/c1-22-18-29-34(42-23(2)45(29)5)36-32(22)26-8-7-14-46-30(21-24(35(26)46)10-15-44(36)4)37(48)25-19-27(39)33(28(40)20-25)43-31(47)9-6-13-41-38(3)11-16-49-17-12-38/h6-9,14,18-21,41H,10-13,15-17H2,1-5H3,(H,43,47)/b9-6+. The van der Waals surface area contributed by atoms with Crippen molar-refractivity contribution in [2.45, 2.75) is 45.6 Å². The molecule has 3 aromatic heterocycles. The molecule has 1 saturated heterocycles. The molecule has 5 heterocycles. The van der Waals surface area contributed by atoms with Crippen LogP contribution in [0.25, 0.3) is 27.7 Å². The summed E-state index contributed by atoms with van der Waals surface area (Å²) in [6.07, 6.45) is 7.02. The molecule has 0 bridgehead atoms. The monoisotopic (exact) mass is 666 g/mol. The minimum absolute atomic E-state index is 0.0885. The van der Waals surface area contributed by atoms with Gasteiger partial charge in [-0.15, -0.1) is 0 Å². The van der Waals surface area contributed by atoms with Crippen LogP contribution in [0.1, 0.15) is 52.8 Å². The predicted octanol–water partition coefficient (Wildman–Crippen LogP) is 6.26. The minimum atomic E-state index is -1.03. The highest BCUT2D eigenvalue weighted by atomic mass is 19.1. The number of halogens is 2. The van der Waals surface area contributed by atoms with Gasteiger partial charge in [0.25, 0.3) is 0 Å². The zero-order valence-electron chi connectivity index (χ0n) is 28.4. The first-order valence-electron chi connectivity index (χ1n) is 16.6. The Kier molecular flexibility index (Phi) is 8.36. The van der Waals surface area contributed by atoms with Crippen molar-refractivity contribution in [2.24, 2.45) is 7.05 Å². The van der Waals surface area contributed by atoms with Crippen LogP contribution in [0.4, 0.5) is 20.2 Å². The van der Waals surface area contributed by atoms with Crippen LogP contribution in [0.2, 0.25) is 0 Å². The van der Waals surface area contributed by atoms with E-state index in [0.29, 0.717) is 38.4 Å². The summed E-state index contributed by atoms with van der Waals surface area (Å²) in [5, 5.41) is 5.68. The molecule has 0 unspecified atom stereocenters. The minimum Gasteiger partial charge on any atom is -0.381 e. The molecular weight excluding hydrogens is 626 g/mol. The molecule has 2 N–H and O–H groups in total. The number of nitrogens with zero attached hydrogens (tertiary/aromatic N) is 4. The number of rotatable bonds is 7. The van der Waals surface area contributed by atoms with E-state index in [2.05, 4.69) is 47.1 Å². The highest BCUT2D eigenvalue weighted by Gasteiger charge is 2.28. The first-order chi connectivity index (χ1) is 23.5. The number of carbonyl (C=O) groups excluding carboxylic acids is 2. The third-order valence-electron chi connectivity index (χ3n) is 10.1. The van der Waals surface area contributed by atoms with Gasteiger partial charge in [-0.2, -0.15) is 0 Å². The van der Waals surface area contributed by atoms with E-state index in [0.717, 1.165) is 75.3 Å². The van der Waals surface area contributed by atoms with Crippen LogP contribution in [0, 0.1) is 25.5 Å². The molecule has 2 aromatic carbocycles. The molecule has 49 heavy (non-hydrogen) atoms. The Labute approximate surface area is 283 Å². The van der Waals surface area contributed by atoms with Crippen molar-refractivity contribution < 1.29 is 23.1 Å². The number of aromatic nitrogens is 3. The molecule has 11 heteroatoms. The van der Waals surface area contributed by atoms with E-state index in [4.69, 9.17) is 9.72 Å². The number of benzene rings is 2. The topological polar surface area (TPSA) is 92.9 Å². The number of fused-ring (bicyclic) bond motifs is 4. The number of anilines is 2. The van der Waals surface area contributed by atoms with Gasteiger partial charge >= 0.3 is 0 Å². The van der Waals surface area contributed by atoms with E-state index in [9.17, 15) is 9.59 Å². The molecule has 1 fully saturated rings. The number of pyridine rings is 1. The summed E-state index contributed by atoms with van der Waals surface area (Å²) in [5.74, 6) is -2.34. The average molecular weight is 667 g/mol. The van der Waals surface area contributed by atoms with Gasteiger partial charge in [0, 0.05) is 74.9 Å². The summed E-state index contributed by atoms with van der Waals surface area (Å²) >= 11 is 0. The van der Waals surface area contributed by atoms with E-state index < -0.39 is 29.0 Å². The zero-order valence-corrected chi connectivity index (χ0v) is 28.4. The molecule has 0 spiro atoms. The zero-order chi connectivity index (χ0) is 34.6. The molecule has 0 radical (unpaired) electrons. The maximum Gasteiger partial charge on any atom is 0.248 e. The molecule has 0 saturated carbocycles. The van der Waals surface area contributed by atoms with E-state index in [1.54, 1.807) is 6.08 Å². The highest BCUT2D eigenvalue weighted by molar-refractivity contribution is 6.11. The Bertz CT molecular complexity index is 2150. The van der Waals surface area contributed by atoms with E-state index in [-0.39, 0.29) is 11.1 Å². The summed E-state index contributed by atoms with van der Waals surface area (Å²) in [4.78, 5) is 33.6. The lowest BCUT2D eigenvalue weighted by molar-refractivity contribution is -0.112. The Morgan fingerprint density at radius 2 is 1.82 bits per heavy atom. The number of ether oxygens (including phenoxy) is 1. The van der Waals surface area contributed by atoms with Gasteiger partial charge in [0.05, 0.1) is 22.4 Å². The van der Waals surface area contributed by atoms with E-state index in [1.165, 1.54) is 6.08 Å². The van der Waals surface area contributed by atoms with Gasteiger partial charge in [-0.3, -0.25) is 9.59 Å². The van der Waals surface area contributed by atoms with Gasteiger partial charge in [-0.05, 0) is 81.5 Å². The smallest absolute Gasteiger partial charge is 0.248 e. The summed E-state index contributed by atoms with van der Waals surface area (Å²) in [6, 6.07) is 9.86. The maximum atomic E-state index is 15.3. The van der Waals surface area contributed by atoms with Crippen LogP contribution in [-0.4, -0.2) is 64.5 Å². The number of hydrogen-bond acceptors (Lipinski definition) is 6. The quantitative estimate of drug-likeness (QED) is 0.157. The molecule has 7 rings (SSSR count). The fourth-order valence-corrected chi connectivity index (χ4v) is 7.17. The van der Waals surface area contributed by atoms with Gasteiger partial charge < -0.3 is 29.2 Å². The predicted molar refractivity (Wildman–Crippen MR) is 188 cm³/mol. The molecule has 2 aliphatic heterocycles. The van der Waals surface area contributed by atoms with Crippen molar-refractivity contribution >= 4 is 39.6 Å². The highest BCUT2D eigenvalue weighted by Crippen LogP contribution is 2.44. The second-order valence-corrected chi connectivity index (χ2v) is 13.5. The number of likely N-dealkylation sites (N-methyl/N-ethyl adjacent to an activating group) is 1. The van der Waals surface area contributed by atoms with Crippen LogP contribution in [-0.2, 0) is 23.0 Å². The van der Waals surface area contributed by atoms with Crippen molar-refractivity contribution in [1.82, 2.24) is 19.3 Å². The molecule has 9 nitrogen and oxygen atoms in total. The number of nitrogens with one attached hydrogen (secondary N) is 2. The number of ketones is 1. The van der Waals surface area contributed by atoms with Gasteiger partial charge in [-0.25, -0.2) is 13.8 Å². The molecule has 0 atom stereocenters. The molecular formula is C38H40F2N6O3. The molecule has 0 aliphatic carbocycles. The van der Waals surface area contributed by atoms with Crippen molar-refractivity contribution in [3.63, 3.8) is 0 Å². The first kappa shape index (κ1) is 32.7. The van der Waals surface area contributed by atoms with E-state index in [1.807, 2.05) is 42.8 Å². The Morgan fingerprint density at radius 1 is 1.08 bits per heavy atom. The molecule has 1 amide bonds. The number of carbonyl (C=O) groups is 2. The van der Waals surface area contributed by atoms with Crippen molar-refractivity contribution in [3.05, 3.63) is 94.6 Å². The first-order valence-corrected chi connectivity index (χ1v) is 16.6. The molecule has 2 aliphatic rings. The Hall–Kier alpha value is -4.87. The number of hydrogen-bond donors (Lipinski definition) is 2. The second kappa shape index (κ2) is 12.5. The summed E-state index contributed by atoms with van der Waals surface area (Å²) < 4.78 is 40.0. The van der Waals surface area contributed by atoms with Crippen LogP contribution >= 0.6 is 0 Å². The number of amides is 1. The number of imidazole rings is 1. The lowest BCUT2D eigenvalue weighted by Crippen LogP contribution is -2.46. The summed E-state index contributed by atoms with van der Waals surface area (Å²) in [5.41, 5.74) is 7.39. The van der Waals surface area contributed by atoms with Gasteiger partial charge in [0.1, 0.15) is 28.7 Å². The second-order valence-electron chi connectivity index (χ2n) is 13.5. The summed E-state index contributed by atoms with van der Waals surface area (Å²) in [7, 11) is 4.07. The van der Waals surface area contributed by atoms with Crippen LogP contribution in [0.5, 0.6) is 0 Å². The summed E-state index contributed by atoms with van der Waals surface area (Å²) in [6.45, 7) is 8.63. The van der Waals surface area contributed by atoms with Gasteiger partial charge in [0.15, 0.2) is 0 Å². The SMILES string of the molecule is Cc1cc2c(nc(C)n2C)c2c1-c1cccn3c(C(=O)c4cc(F)c(NC(=O)/C=C/CNC5(C)CCOCC5)c(F)c4)cc(c13)CCN2C. The molecule has 5 aromatic rings. The lowest BCUT2D eigenvalue weighted by Gasteiger charge is -2.34. The Balaban J connectivity index is 1.18. The fourth-order valence-electron chi connectivity index (χ4n) is 7.17. The van der Waals surface area contributed by atoms with Gasteiger partial charge in [-0.1, -0.05) is 12.1 Å². The van der Waals surface area contributed by atoms with E-state index >= 15 is 8.78 Å². The van der Waals surface area contributed by atoms with Crippen molar-refractivity contribution in [1.29, 1.82) is 0 Å². The maximum absolute atomic E-state index is 15.3. The van der Waals surface area contributed by atoms with Crippen molar-refractivity contribution in [3.8, 4) is 11.1 Å². The third-order valence-corrected chi connectivity index (χ3v) is 10.1. The Morgan fingerprint density at radius 3 is 2.55 bits per heavy atom. The lowest BCUT2D eigenvalue weighted by atomic mass is 9.92. The fraction of sp³-hybridized carbons (Fsp3) is 0.342. The van der Waals surface area contributed by atoms with Gasteiger partial charge in [0.2, 0.25) is 11.7 Å². The normalized spacial score (nSPS) is 15.9. The van der Waals surface area contributed by atoms with Crippen LogP contribution in [0.3, 0.4) is 0 Å². The largest absolute Gasteiger partial charge is 0.381 e. The average Bonchev–Trinajstić information content (AvgIpc) is 3.58. The number of aryl methyl sites for hydroxylation is 3. The molecule has 254 valence electrons. The van der Waals surface area contributed by atoms with Crippen LogP contribution < -0.4 is 15.5 Å². The van der Waals surface area contributed by atoms with Crippen molar-refractivity contribution in [2.75, 3.05) is 43.6 Å².